The smallest absolute Gasteiger partial charge is 0.186 e. The van der Waals surface area contributed by atoms with Crippen LogP contribution in [0.25, 0.3) is 0 Å². The maximum atomic E-state index is 6.12. The number of hydrogen-bond acceptors (Lipinski definition) is 2. The highest BCUT2D eigenvalue weighted by molar-refractivity contribution is 8.28. The second-order valence-electron chi connectivity index (χ2n) is 6.16. The maximum Gasteiger partial charge on any atom is 0.186 e. The van der Waals surface area contributed by atoms with Gasteiger partial charge in [0.15, 0.2) is 8.32 Å². The predicted octanol–water partition coefficient (Wildman–Crippen LogP) is 6.14. The Labute approximate surface area is 128 Å². The molecule has 0 radical (unpaired) electrons. The molecule has 0 aliphatic heterocycles. The van der Waals surface area contributed by atoms with Gasteiger partial charge in [-0.15, -0.1) is 0 Å². The van der Waals surface area contributed by atoms with Crippen LogP contribution in [0, 0.1) is 0 Å². The molecule has 0 aliphatic carbocycles. The lowest BCUT2D eigenvalue weighted by atomic mass is 10.4. The molecule has 0 aromatic heterocycles. The largest absolute Gasteiger partial charge is 0.417 e. The zero-order valence-electron chi connectivity index (χ0n) is 14.2. The highest BCUT2D eigenvalue weighted by Crippen LogP contribution is 2.33. The standard InChI is InChI=1S/C15H36OSSi2/c1-7-11-13-16-18(5,6)15-12-14-17-19(8-2,9-3)10-4/h7-15H2,1-6H3. The van der Waals surface area contributed by atoms with Crippen LogP contribution < -0.4 is 0 Å². The fourth-order valence-electron chi connectivity index (χ4n) is 2.41. The summed E-state index contributed by atoms with van der Waals surface area (Å²) >= 11 is 2.34. The van der Waals surface area contributed by atoms with Crippen molar-refractivity contribution in [1.29, 1.82) is 0 Å². The molecular formula is C15H36OSSi2. The third kappa shape index (κ3) is 8.58. The van der Waals surface area contributed by atoms with E-state index in [9.17, 15) is 0 Å². The van der Waals surface area contributed by atoms with Crippen molar-refractivity contribution < 1.29 is 4.43 Å². The van der Waals surface area contributed by atoms with Gasteiger partial charge in [0.25, 0.3) is 0 Å². The van der Waals surface area contributed by atoms with Crippen LogP contribution in [0.5, 0.6) is 0 Å². The van der Waals surface area contributed by atoms with Crippen LogP contribution in [-0.4, -0.2) is 27.9 Å². The Bertz CT molecular complexity index is 210. The minimum atomic E-state index is -1.37. The van der Waals surface area contributed by atoms with Gasteiger partial charge in [0.2, 0.25) is 0 Å². The van der Waals surface area contributed by atoms with Gasteiger partial charge in [-0.3, -0.25) is 0 Å². The van der Waals surface area contributed by atoms with Crippen LogP contribution in [-0.2, 0) is 4.43 Å². The second kappa shape index (κ2) is 10.5. The van der Waals surface area contributed by atoms with Crippen molar-refractivity contribution in [2.24, 2.45) is 0 Å². The summed E-state index contributed by atoms with van der Waals surface area (Å²) < 4.78 is 6.12. The molecule has 4 heteroatoms. The van der Waals surface area contributed by atoms with Crippen molar-refractivity contribution in [3.05, 3.63) is 0 Å². The molecule has 1 nitrogen and oxygen atoms in total. The molecule has 0 saturated heterocycles. The van der Waals surface area contributed by atoms with Crippen LogP contribution in [0.4, 0.5) is 0 Å². The molecule has 0 amide bonds. The first-order chi connectivity index (χ1) is 8.95. The van der Waals surface area contributed by atoms with Crippen molar-refractivity contribution in [2.75, 3.05) is 12.4 Å². The van der Waals surface area contributed by atoms with E-state index in [1.165, 1.54) is 49.2 Å². The Kier molecular flexibility index (Phi) is 10.9. The molecule has 0 rings (SSSR count). The van der Waals surface area contributed by atoms with E-state index >= 15 is 0 Å². The molecule has 19 heavy (non-hydrogen) atoms. The van der Waals surface area contributed by atoms with E-state index in [1.807, 2.05) is 0 Å². The quantitative estimate of drug-likeness (QED) is 0.315. The van der Waals surface area contributed by atoms with Gasteiger partial charge >= 0.3 is 0 Å². The van der Waals surface area contributed by atoms with E-state index < -0.39 is 15.5 Å². The lowest BCUT2D eigenvalue weighted by Crippen LogP contribution is -2.31. The summed E-state index contributed by atoms with van der Waals surface area (Å²) in [6.45, 7) is 15.2. The third-order valence-corrected chi connectivity index (χ3v) is 16.8. The Morgan fingerprint density at radius 2 is 1.47 bits per heavy atom. The average Bonchev–Trinajstić information content (AvgIpc) is 2.40. The van der Waals surface area contributed by atoms with Crippen LogP contribution in [0.1, 0.15) is 47.0 Å². The first-order valence-electron chi connectivity index (χ1n) is 8.23. The Hall–Kier alpha value is 0.744. The third-order valence-electron chi connectivity index (χ3n) is 4.26. The minimum absolute atomic E-state index is 0.954. The van der Waals surface area contributed by atoms with Crippen LogP contribution >= 0.6 is 11.2 Å². The fraction of sp³-hybridized carbons (Fsp3) is 1.00. The lowest BCUT2D eigenvalue weighted by molar-refractivity contribution is 0.298. The molecule has 0 spiro atoms. The van der Waals surface area contributed by atoms with E-state index in [2.05, 4.69) is 52.0 Å². The topological polar surface area (TPSA) is 9.23 Å². The highest BCUT2D eigenvalue weighted by Gasteiger charge is 2.28. The summed E-state index contributed by atoms with van der Waals surface area (Å²) in [7, 11) is -2.32. The molecule has 0 aromatic carbocycles. The first-order valence-corrected chi connectivity index (χ1v) is 15.7. The monoisotopic (exact) mass is 320 g/mol. The zero-order valence-corrected chi connectivity index (χ0v) is 17.0. The molecule has 116 valence electrons. The molecule has 0 bridgehead atoms. The van der Waals surface area contributed by atoms with Gasteiger partial charge in [-0.05, 0) is 37.7 Å². The van der Waals surface area contributed by atoms with Crippen molar-refractivity contribution in [1.82, 2.24) is 0 Å². The molecule has 0 unspecified atom stereocenters. The van der Waals surface area contributed by atoms with Gasteiger partial charge in [-0.25, -0.2) is 0 Å². The summed E-state index contributed by atoms with van der Waals surface area (Å²) in [5, 5.41) is 0. The molecule has 0 N–H and O–H groups in total. The minimum Gasteiger partial charge on any atom is -0.417 e. The van der Waals surface area contributed by atoms with Crippen LogP contribution in [0.3, 0.4) is 0 Å². The van der Waals surface area contributed by atoms with E-state index in [0.717, 1.165) is 6.61 Å². The molecule has 0 fully saturated rings. The molecule has 0 heterocycles. The lowest BCUT2D eigenvalue weighted by Gasteiger charge is -2.28. The van der Waals surface area contributed by atoms with E-state index in [0.29, 0.717) is 0 Å². The maximum absolute atomic E-state index is 6.12. The molecular weight excluding hydrogens is 284 g/mol. The van der Waals surface area contributed by atoms with Crippen molar-refractivity contribution in [2.45, 2.75) is 84.2 Å². The summed E-state index contributed by atoms with van der Waals surface area (Å²) in [6.07, 6.45) is 3.84. The van der Waals surface area contributed by atoms with Crippen LogP contribution in [0.15, 0.2) is 0 Å². The normalized spacial score (nSPS) is 12.9. The van der Waals surface area contributed by atoms with Crippen molar-refractivity contribution >= 4 is 26.8 Å². The summed E-state index contributed by atoms with van der Waals surface area (Å²) in [5.41, 5.74) is 0. The first kappa shape index (κ1) is 19.7. The van der Waals surface area contributed by atoms with E-state index in [4.69, 9.17) is 4.43 Å². The molecule has 0 atom stereocenters. The number of rotatable bonds is 12. The zero-order chi connectivity index (χ0) is 14.8. The Balaban J connectivity index is 3.88. The second-order valence-corrected chi connectivity index (χ2v) is 19.1. The van der Waals surface area contributed by atoms with Crippen molar-refractivity contribution in [3.63, 3.8) is 0 Å². The molecule has 0 aliphatic rings. The van der Waals surface area contributed by atoms with E-state index in [-0.39, 0.29) is 0 Å². The summed E-state index contributed by atoms with van der Waals surface area (Å²) in [6, 6.07) is 5.67. The van der Waals surface area contributed by atoms with Crippen molar-refractivity contribution in [3.8, 4) is 0 Å². The van der Waals surface area contributed by atoms with E-state index in [1.54, 1.807) is 0 Å². The van der Waals surface area contributed by atoms with Gasteiger partial charge < -0.3 is 4.43 Å². The molecule has 0 aromatic rings. The average molecular weight is 321 g/mol. The Morgan fingerprint density at radius 3 is 1.95 bits per heavy atom. The highest BCUT2D eigenvalue weighted by atomic mass is 32.4. The summed E-state index contributed by atoms with van der Waals surface area (Å²) in [4.78, 5) is 0. The SMILES string of the molecule is CCCCO[Si](C)(C)CCCS[Si](CC)(CC)CC. The summed E-state index contributed by atoms with van der Waals surface area (Å²) in [5.74, 6) is 1.37. The van der Waals surface area contributed by atoms with Gasteiger partial charge in [0.1, 0.15) is 7.22 Å². The van der Waals surface area contributed by atoms with Gasteiger partial charge in [0, 0.05) is 6.61 Å². The van der Waals surface area contributed by atoms with Crippen LogP contribution in [0.2, 0.25) is 37.3 Å². The predicted molar refractivity (Wildman–Crippen MR) is 97.4 cm³/mol. The van der Waals surface area contributed by atoms with Gasteiger partial charge in [0.05, 0.1) is 0 Å². The van der Waals surface area contributed by atoms with Gasteiger partial charge in [-0.2, -0.15) is 11.2 Å². The molecule has 0 saturated carbocycles. The fourth-order valence-corrected chi connectivity index (χ4v) is 10.9. The Morgan fingerprint density at radius 1 is 0.895 bits per heavy atom. The number of unbranched alkanes of at least 4 members (excludes halogenated alkanes) is 1. The van der Waals surface area contributed by atoms with Gasteiger partial charge in [-0.1, -0.05) is 52.2 Å². The number of hydrogen-bond donors (Lipinski definition) is 0.